The van der Waals surface area contributed by atoms with Gasteiger partial charge in [0.1, 0.15) is 5.01 Å². The molecular weight excluding hydrogens is 304 g/mol. The highest BCUT2D eigenvalue weighted by Gasteiger charge is 2.01. The molecule has 0 aliphatic heterocycles. The summed E-state index contributed by atoms with van der Waals surface area (Å²) in [7, 11) is 1.77. The molecule has 0 saturated carbocycles. The van der Waals surface area contributed by atoms with Gasteiger partial charge in [-0.2, -0.15) is 0 Å². The van der Waals surface area contributed by atoms with E-state index in [2.05, 4.69) is 33.6 Å². The SMILES string of the molecule is CN=C(NCCc1cccc(Cl)c1)NCc1ncc(C)s1. The van der Waals surface area contributed by atoms with Crippen molar-refractivity contribution in [3.63, 3.8) is 0 Å². The minimum absolute atomic E-state index is 0.690. The maximum absolute atomic E-state index is 5.97. The van der Waals surface area contributed by atoms with E-state index in [1.165, 1.54) is 10.4 Å². The van der Waals surface area contributed by atoms with Gasteiger partial charge in [-0.15, -0.1) is 11.3 Å². The molecule has 2 aromatic rings. The van der Waals surface area contributed by atoms with E-state index >= 15 is 0 Å². The zero-order chi connectivity index (χ0) is 15.1. The summed E-state index contributed by atoms with van der Waals surface area (Å²) in [5.74, 6) is 0.782. The van der Waals surface area contributed by atoms with Gasteiger partial charge in [0.2, 0.25) is 0 Å². The molecule has 0 atom stereocenters. The van der Waals surface area contributed by atoms with E-state index in [4.69, 9.17) is 11.6 Å². The first-order chi connectivity index (χ1) is 10.2. The maximum Gasteiger partial charge on any atom is 0.191 e. The molecule has 0 unspecified atom stereocenters. The highest BCUT2D eigenvalue weighted by molar-refractivity contribution is 7.11. The van der Waals surface area contributed by atoms with Crippen LogP contribution in [0.3, 0.4) is 0 Å². The maximum atomic E-state index is 5.97. The summed E-state index contributed by atoms with van der Waals surface area (Å²) >= 11 is 7.66. The number of aliphatic imine (C=N–C) groups is 1. The number of nitrogens with one attached hydrogen (secondary N) is 2. The van der Waals surface area contributed by atoms with Crippen molar-refractivity contribution in [2.24, 2.45) is 4.99 Å². The van der Waals surface area contributed by atoms with E-state index in [0.29, 0.717) is 6.54 Å². The average Bonchev–Trinajstić information content (AvgIpc) is 2.88. The molecule has 4 nitrogen and oxygen atoms in total. The Bertz CT molecular complexity index is 609. The predicted molar refractivity (Wildman–Crippen MR) is 90.2 cm³/mol. The zero-order valence-corrected chi connectivity index (χ0v) is 13.8. The van der Waals surface area contributed by atoms with Crippen LogP contribution in [-0.4, -0.2) is 24.5 Å². The van der Waals surface area contributed by atoms with Crippen molar-refractivity contribution in [1.29, 1.82) is 0 Å². The van der Waals surface area contributed by atoms with Crippen LogP contribution in [0, 0.1) is 6.92 Å². The largest absolute Gasteiger partial charge is 0.356 e. The predicted octanol–water partition coefficient (Wildman–Crippen LogP) is 3.01. The molecule has 0 saturated heterocycles. The molecule has 0 aliphatic rings. The van der Waals surface area contributed by atoms with Crippen molar-refractivity contribution in [2.75, 3.05) is 13.6 Å². The van der Waals surface area contributed by atoms with Crippen LogP contribution in [0.25, 0.3) is 0 Å². The first kappa shape index (κ1) is 15.8. The van der Waals surface area contributed by atoms with E-state index in [1.807, 2.05) is 24.4 Å². The molecule has 21 heavy (non-hydrogen) atoms. The number of benzene rings is 1. The van der Waals surface area contributed by atoms with Gasteiger partial charge in [-0.05, 0) is 31.0 Å². The number of aryl methyl sites for hydroxylation is 1. The number of aromatic nitrogens is 1. The second-order valence-electron chi connectivity index (χ2n) is 4.60. The highest BCUT2D eigenvalue weighted by atomic mass is 35.5. The van der Waals surface area contributed by atoms with Crippen molar-refractivity contribution < 1.29 is 0 Å². The molecule has 0 fully saturated rings. The molecule has 1 aromatic heterocycles. The number of thiazole rings is 1. The number of halogens is 1. The highest BCUT2D eigenvalue weighted by Crippen LogP contribution is 2.11. The van der Waals surface area contributed by atoms with Gasteiger partial charge in [0.05, 0.1) is 6.54 Å². The smallest absolute Gasteiger partial charge is 0.191 e. The third-order valence-electron chi connectivity index (χ3n) is 2.89. The van der Waals surface area contributed by atoms with Crippen molar-refractivity contribution in [2.45, 2.75) is 19.9 Å². The number of rotatable bonds is 5. The van der Waals surface area contributed by atoms with Crippen molar-refractivity contribution in [3.05, 3.63) is 50.9 Å². The Morgan fingerprint density at radius 2 is 2.24 bits per heavy atom. The third kappa shape index (κ3) is 5.36. The van der Waals surface area contributed by atoms with Crippen LogP contribution in [-0.2, 0) is 13.0 Å². The van der Waals surface area contributed by atoms with Gasteiger partial charge in [0, 0.05) is 29.7 Å². The lowest BCUT2D eigenvalue weighted by molar-refractivity contribution is 0.792. The Labute approximate surface area is 134 Å². The standard InChI is InChI=1S/C15H19ClN4S/c1-11-9-19-14(21-11)10-20-15(17-2)18-7-6-12-4-3-5-13(16)8-12/h3-5,8-9H,6-7,10H2,1-2H3,(H2,17,18,20). The van der Waals surface area contributed by atoms with Crippen molar-refractivity contribution >= 4 is 28.9 Å². The lowest BCUT2D eigenvalue weighted by Gasteiger charge is -2.11. The minimum Gasteiger partial charge on any atom is -0.356 e. The Morgan fingerprint density at radius 3 is 2.90 bits per heavy atom. The summed E-state index contributed by atoms with van der Waals surface area (Å²) in [6.45, 7) is 3.55. The molecule has 2 rings (SSSR count). The van der Waals surface area contributed by atoms with Gasteiger partial charge in [-0.1, -0.05) is 23.7 Å². The molecule has 2 N–H and O–H groups in total. The Hall–Kier alpha value is -1.59. The van der Waals surface area contributed by atoms with Gasteiger partial charge >= 0.3 is 0 Å². The van der Waals surface area contributed by atoms with Crippen LogP contribution >= 0.6 is 22.9 Å². The molecule has 112 valence electrons. The summed E-state index contributed by atoms with van der Waals surface area (Å²) in [4.78, 5) is 9.74. The number of nitrogens with zero attached hydrogens (tertiary/aromatic N) is 2. The molecule has 0 spiro atoms. The van der Waals surface area contributed by atoms with Gasteiger partial charge in [0.25, 0.3) is 0 Å². The summed E-state index contributed by atoms with van der Waals surface area (Å²) in [5, 5.41) is 8.38. The average molecular weight is 323 g/mol. The molecule has 0 radical (unpaired) electrons. The normalized spacial score (nSPS) is 11.5. The van der Waals surface area contributed by atoms with Crippen LogP contribution in [0.5, 0.6) is 0 Å². The number of guanidine groups is 1. The number of hydrogen-bond acceptors (Lipinski definition) is 3. The molecule has 0 amide bonds. The third-order valence-corrected chi connectivity index (χ3v) is 4.04. The summed E-state index contributed by atoms with van der Waals surface area (Å²) in [5.41, 5.74) is 1.21. The zero-order valence-electron chi connectivity index (χ0n) is 12.2. The van der Waals surface area contributed by atoms with Crippen LogP contribution in [0.1, 0.15) is 15.4 Å². The van der Waals surface area contributed by atoms with Crippen LogP contribution in [0.15, 0.2) is 35.5 Å². The summed E-state index contributed by atoms with van der Waals surface area (Å²) in [6, 6.07) is 7.91. The summed E-state index contributed by atoms with van der Waals surface area (Å²) in [6.07, 6.45) is 2.79. The second-order valence-corrected chi connectivity index (χ2v) is 6.35. The van der Waals surface area contributed by atoms with Crippen molar-refractivity contribution in [3.8, 4) is 0 Å². The van der Waals surface area contributed by atoms with Gasteiger partial charge in [-0.3, -0.25) is 4.99 Å². The molecule has 0 aliphatic carbocycles. The second kappa shape index (κ2) is 8.00. The first-order valence-electron chi connectivity index (χ1n) is 6.77. The molecule has 1 heterocycles. The van der Waals surface area contributed by atoms with Crippen molar-refractivity contribution in [1.82, 2.24) is 15.6 Å². The lowest BCUT2D eigenvalue weighted by Crippen LogP contribution is -2.37. The molecule has 1 aromatic carbocycles. The Kier molecular flexibility index (Phi) is 6.02. The van der Waals surface area contributed by atoms with Crippen LogP contribution in [0.2, 0.25) is 5.02 Å². The van der Waals surface area contributed by atoms with E-state index in [0.717, 1.165) is 29.0 Å². The van der Waals surface area contributed by atoms with Gasteiger partial charge < -0.3 is 10.6 Å². The number of hydrogen-bond donors (Lipinski definition) is 2. The van der Waals surface area contributed by atoms with E-state index < -0.39 is 0 Å². The van der Waals surface area contributed by atoms with Gasteiger partial charge in [0.15, 0.2) is 5.96 Å². The fraction of sp³-hybridized carbons (Fsp3) is 0.333. The summed E-state index contributed by atoms with van der Waals surface area (Å²) < 4.78 is 0. The van der Waals surface area contributed by atoms with Gasteiger partial charge in [-0.25, -0.2) is 4.98 Å². The van der Waals surface area contributed by atoms with E-state index in [9.17, 15) is 0 Å². The lowest BCUT2D eigenvalue weighted by atomic mass is 10.1. The van der Waals surface area contributed by atoms with Crippen LogP contribution < -0.4 is 10.6 Å². The Morgan fingerprint density at radius 1 is 1.38 bits per heavy atom. The molecule has 6 heteroatoms. The van der Waals surface area contributed by atoms with Crippen LogP contribution in [0.4, 0.5) is 0 Å². The quantitative estimate of drug-likeness (QED) is 0.657. The Balaban J connectivity index is 1.75. The molecule has 0 bridgehead atoms. The van der Waals surface area contributed by atoms with E-state index in [1.54, 1.807) is 18.4 Å². The first-order valence-corrected chi connectivity index (χ1v) is 7.97. The minimum atomic E-state index is 0.690. The molecular formula is C15H19ClN4S. The topological polar surface area (TPSA) is 49.3 Å². The monoisotopic (exact) mass is 322 g/mol. The fourth-order valence-electron chi connectivity index (χ4n) is 1.88. The van der Waals surface area contributed by atoms with E-state index in [-0.39, 0.29) is 0 Å². The fourth-order valence-corrected chi connectivity index (χ4v) is 2.82.